The lowest BCUT2D eigenvalue weighted by molar-refractivity contribution is 0.00358. The first-order chi connectivity index (χ1) is 7.31. The lowest BCUT2D eigenvalue weighted by atomic mass is 9.86. The van der Waals surface area contributed by atoms with E-state index in [2.05, 4.69) is 31.1 Å². The topological polar surface area (TPSA) is 50.9 Å². The molecule has 0 bridgehead atoms. The normalized spacial score (nSPS) is 33.2. The van der Waals surface area contributed by atoms with Crippen LogP contribution in [0.4, 0.5) is 0 Å². The van der Waals surface area contributed by atoms with Gasteiger partial charge in [0.25, 0.3) is 0 Å². The molecule has 1 aromatic rings. The SMILES string of the molecule is CC1CC(C)(C)CC1(O)Cc1cn(C)nn1. The third-order valence-corrected chi connectivity index (χ3v) is 3.70. The molecule has 0 amide bonds. The molecule has 90 valence electrons. The number of aryl methyl sites for hydroxylation is 1. The molecule has 16 heavy (non-hydrogen) atoms. The maximum atomic E-state index is 10.7. The summed E-state index contributed by atoms with van der Waals surface area (Å²) in [6.45, 7) is 6.57. The van der Waals surface area contributed by atoms with Crippen molar-refractivity contribution in [2.24, 2.45) is 18.4 Å². The molecule has 2 atom stereocenters. The Morgan fingerprint density at radius 2 is 2.25 bits per heavy atom. The average molecular weight is 223 g/mol. The highest BCUT2D eigenvalue weighted by atomic mass is 16.3. The minimum absolute atomic E-state index is 0.233. The number of aliphatic hydroxyl groups is 1. The Kier molecular flexibility index (Phi) is 2.57. The van der Waals surface area contributed by atoms with Gasteiger partial charge in [-0.3, -0.25) is 4.68 Å². The fraction of sp³-hybridized carbons (Fsp3) is 0.833. The van der Waals surface area contributed by atoms with Crippen LogP contribution in [0.5, 0.6) is 0 Å². The fourth-order valence-corrected chi connectivity index (χ4v) is 3.12. The highest BCUT2D eigenvalue weighted by Gasteiger charge is 2.47. The van der Waals surface area contributed by atoms with Gasteiger partial charge in [0.2, 0.25) is 0 Å². The van der Waals surface area contributed by atoms with Crippen molar-refractivity contribution < 1.29 is 5.11 Å². The Hall–Kier alpha value is -0.900. The molecular formula is C12H21N3O. The Labute approximate surface area is 96.7 Å². The summed E-state index contributed by atoms with van der Waals surface area (Å²) in [5, 5.41) is 18.6. The van der Waals surface area contributed by atoms with Crippen molar-refractivity contribution in [1.29, 1.82) is 0 Å². The predicted molar refractivity (Wildman–Crippen MR) is 61.8 cm³/mol. The van der Waals surface area contributed by atoms with E-state index in [9.17, 15) is 5.11 Å². The smallest absolute Gasteiger partial charge is 0.0855 e. The standard InChI is InChI=1S/C12H21N3O/c1-9-5-11(2,3)8-12(9,16)6-10-7-15(4)14-13-10/h7,9,16H,5-6,8H2,1-4H3. The van der Waals surface area contributed by atoms with Crippen LogP contribution in [-0.4, -0.2) is 25.7 Å². The molecule has 0 saturated heterocycles. The predicted octanol–water partition coefficient (Wildman–Crippen LogP) is 1.54. The number of hydrogen-bond acceptors (Lipinski definition) is 3. The first-order valence-corrected chi connectivity index (χ1v) is 5.88. The van der Waals surface area contributed by atoms with Gasteiger partial charge in [-0.05, 0) is 24.2 Å². The maximum absolute atomic E-state index is 10.7. The van der Waals surface area contributed by atoms with E-state index in [0.717, 1.165) is 18.5 Å². The highest BCUT2D eigenvalue weighted by Crippen LogP contribution is 2.48. The van der Waals surface area contributed by atoms with E-state index in [0.29, 0.717) is 12.3 Å². The Morgan fingerprint density at radius 1 is 1.56 bits per heavy atom. The molecule has 4 nitrogen and oxygen atoms in total. The van der Waals surface area contributed by atoms with Crippen LogP contribution in [0, 0.1) is 11.3 Å². The van der Waals surface area contributed by atoms with Crippen molar-refractivity contribution in [1.82, 2.24) is 15.0 Å². The van der Waals surface area contributed by atoms with Gasteiger partial charge in [0, 0.05) is 19.7 Å². The molecule has 2 unspecified atom stereocenters. The van der Waals surface area contributed by atoms with Gasteiger partial charge in [-0.25, -0.2) is 0 Å². The lowest BCUT2D eigenvalue weighted by Crippen LogP contribution is -2.34. The van der Waals surface area contributed by atoms with E-state index in [1.54, 1.807) is 4.68 Å². The average Bonchev–Trinajstić information content (AvgIpc) is 2.55. The highest BCUT2D eigenvalue weighted by molar-refractivity contribution is 5.06. The summed E-state index contributed by atoms with van der Waals surface area (Å²) in [6, 6.07) is 0. The van der Waals surface area contributed by atoms with Crippen molar-refractivity contribution in [2.45, 2.75) is 45.6 Å². The molecule has 1 aliphatic rings. The van der Waals surface area contributed by atoms with Gasteiger partial charge < -0.3 is 5.11 Å². The molecule has 0 aliphatic heterocycles. The molecule has 0 aromatic carbocycles. The zero-order valence-electron chi connectivity index (χ0n) is 10.6. The third-order valence-electron chi connectivity index (χ3n) is 3.70. The summed E-state index contributed by atoms with van der Waals surface area (Å²) in [6.07, 6.45) is 4.42. The molecule has 1 N–H and O–H groups in total. The van der Waals surface area contributed by atoms with Crippen LogP contribution < -0.4 is 0 Å². The lowest BCUT2D eigenvalue weighted by Gasteiger charge is -2.27. The monoisotopic (exact) mass is 223 g/mol. The second-order valence-electron chi connectivity index (χ2n) is 6.11. The molecule has 1 aliphatic carbocycles. The van der Waals surface area contributed by atoms with Crippen LogP contribution in [0.3, 0.4) is 0 Å². The Morgan fingerprint density at radius 3 is 2.69 bits per heavy atom. The molecule has 2 rings (SSSR count). The van der Waals surface area contributed by atoms with E-state index in [1.807, 2.05) is 13.2 Å². The van der Waals surface area contributed by atoms with Crippen LogP contribution in [0.1, 0.15) is 39.3 Å². The fourth-order valence-electron chi connectivity index (χ4n) is 3.12. The van der Waals surface area contributed by atoms with E-state index in [1.165, 1.54) is 0 Å². The third kappa shape index (κ3) is 2.12. The second-order valence-corrected chi connectivity index (χ2v) is 6.11. The minimum atomic E-state index is -0.612. The van der Waals surface area contributed by atoms with Crippen LogP contribution in [0.25, 0.3) is 0 Å². The van der Waals surface area contributed by atoms with Gasteiger partial charge in [0.05, 0.1) is 11.3 Å². The van der Waals surface area contributed by atoms with E-state index in [4.69, 9.17) is 0 Å². The molecule has 4 heteroatoms. The van der Waals surface area contributed by atoms with Crippen molar-refractivity contribution in [3.05, 3.63) is 11.9 Å². The van der Waals surface area contributed by atoms with Crippen LogP contribution in [0.2, 0.25) is 0 Å². The molecule has 0 spiro atoms. The largest absolute Gasteiger partial charge is 0.389 e. The van der Waals surface area contributed by atoms with Gasteiger partial charge >= 0.3 is 0 Å². The van der Waals surface area contributed by atoms with Gasteiger partial charge in [-0.15, -0.1) is 5.10 Å². The second kappa shape index (κ2) is 3.55. The van der Waals surface area contributed by atoms with Gasteiger partial charge in [-0.1, -0.05) is 26.0 Å². The molecule has 1 heterocycles. The van der Waals surface area contributed by atoms with E-state index >= 15 is 0 Å². The zero-order valence-corrected chi connectivity index (χ0v) is 10.6. The Balaban J connectivity index is 2.14. The first kappa shape index (κ1) is 11.6. The van der Waals surface area contributed by atoms with Gasteiger partial charge in [-0.2, -0.15) is 0 Å². The number of aromatic nitrogens is 3. The summed E-state index contributed by atoms with van der Waals surface area (Å²) in [7, 11) is 1.85. The van der Waals surface area contributed by atoms with E-state index in [-0.39, 0.29) is 5.41 Å². The van der Waals surface area contributed by atoms with Crippen LogP contribution in [0.15, 0.2) is 6.20 Å². The summed E-state index contributed by atoms with van der Waals surface area (Å²) >= 11 is 0. The summed E-state index contributed by atoms with van der Waals surface area (Å²) in [5.74, 6) is 0.324. The van der Waals surface area contributed by atoms with Crippen molar-refractivity contribution in [2.75, 3.05) is 0 Å². The molecule has 1 saturated carbocycles. The molecule has 0 radical (unpaired) electrons. The van der Waals surface area contributed by atoms with Crippen molar-refractivity contribution in [3.8, 4) is 0 Å². The first-order valence-electron chi connectivity index (χ1n) is 5.88. The molecular weight excluding hydrogens is 202 g/mol. The van der Waals surface area contributed by atoms with Gasteiger partial charge in [0.15, 0.2) is 0 Å². The maximum Gasteiger partial charge on any atom is 0.0855 e. The van der Waals surface area contributed by atoms with Crippen molar-refractivity contribution in [3.63, 3.8) is 0 Å². The van der Waals surface area contributed by atoms with E-state index < -0.39 is 5.60 Å². The van der Waals surface area contributed by atoms with Crippen molar-refractivity contribution >= 4 is 0 Å². The summed E-state index contributed by atoms with van der Waals surface area (Å²) in [5.41, 5.74) is 0.505. The summed E-state index contributed by atoms with van der Waals surface area (Å²) < 4.78 is 1.68. The zero-order chi connectivity index (χ0) is 12.0. The molecule has 1 aromatic heterocycles. The quantitative estimate of drug-likeness (QED) is 0.827. The number of nitrogens with zero attached hydrogens (tertiary/aromatic N) is 3. The van der Waals surface area contributed by atoms with Crippen LogP contribution in [-0.2, 0) is 13.5 Å². The Bertz CT molecular complexity index is 385. The minimum Gasteiger partial charge on any atom is -0.389 e. The number of rotatable bonds is 2. The van der Waals surface area contributed by atoms with Gasteiger partial charge in [0.1, 0.15) is 0 Å². The number of hydrogen-bond donors (Lipinski definition) is 1. The summed E-state index contributed by atoms with van der Waals surface area (Å²) in [4.78, 5) is 0. The van der Waals surface area contributed by atoms with Crippen LogP contribution >= 0.6 is 0 Å². The molecule has 1 fully saturated rings.